The molecule has 0 saturated heterocycles. The molecule has 2 aliphatic carbocycles. The number of nitrogens with two attached hydrogens (primary N) is 1. The van der Waals surface area contributed by atoms with Gasteiger partial charge in [-0.15, -0.1) is 0 Å². The van der Waals surface area contributed by atoms with Crippen LogP contribution in [-0.2, 0) is 4.74 Å². The Bertz CT molecular complexity index is 179. The molecule has 2 rings (SSSR count). The molecule has 2 heteroatoms. The first-order valence-electron chi connectivity index (χ1n) is 6.04. The first kappa shape index (κ1) is 10.4. The van der Waals surface area contributed by atoms with Crippen molar-refractivity contribution >= 4 is 0 Å². The van der Waals surface area contributed by atoms with E-state index in [2.05, 4.69) is 13.8 Å². The molecule has 0 amide bonds. The average molecular weight is 197 g/mol. The van der Waals surface area contributed by atoms with E-state index in [9.17, 15) is 0 Å². The Labute approximate surface area is 87.2 Å². The summed E-state index contributed by atoms with van der Waals surface area (Å²) in [5, 5.41) is 0. The van der Waals surface area contributed by atoms with E-state index in [-0.39, 0.29) is 6.04 Å². The summed E-state index contributed by atoms with van der Waals surface area (Å²) in [6.07, 6.45) is 5.48. The molecule has 2 N–H and O–H groups in total. The zero-order valence-corrected chi connectivity index (χ0v) is 9.41. The fourth-order valence-electron chi connectivity index (χ4n) is 2.71. The van der Waals surface area contributed by atoms with Gasteiger partial charge in [-0.25, -0.2) is 0 Å². The van der Waals surface area contributed by atoms with Gasteiger partial charge in [0.15, 0.2) is 0 Å². The first-order valence-corrected chi connectivity index (χ1v) is 6.04. The van der Waals surface area contributed by atoms with Crippen LogP contribution in [0, 0.1) is 17.8 Å². The monoisotopic (exact) mass is 197 g/mol. The van der Waals surface area contributed by atoms with E-state index < -0.39 is 0 Å². The zero-order valence-electron chi connectivity index (χ0n) is 9.41. The average Bonchev–Trinajstić information content (AvgIpc) is 2.85. The second-order valence-corrected chi connectivity index (χ2v) is 5.46. The summed E-state index contributed by atoms with van der Waals surface area (Å²) in [7, 11) is 0. The summed E-state index contributed by atoms with van der Waals surface area (Å²) >= 11 is 0. The van der Waals surface area contributed by atoms with Crippen molar-refractivity contribution in [1.29, 1.82) is 0 Å². The minimum Gasteiger partial charge on any atom is -0.376 e. The van der Waals surface area contributed by atoms with Gasteiger partial charge >= 0.3 is 0 Å². The van der Waals surface area contributed by atoms with Gasteiger partial charge in [-0.1, -0.05) is 13.8 Å². The van der Waals surface area contributed by atoms with Crippen LogP contribution in [0.4, 0.5) is 0 Å². The van der Waals surface area contributed by atoms with E-state index in [0.717, 1.165) is 24.9 Å². The van der Waals surface area contributed by atoms with Crippen LogP contribution < -0.4 is 5.73 Å². The Morgan fingerprint density at radius 3 is 2.50 bits per heavy atom. The minimum atomic E-state index is 0.271. The quantitative estimate of drug-likeness (QED) is 0.752. The van der Waals surface area contributed by atoms with Crippen LogP contribution in [0.25, 0.3) is 0 Å². The lowest BCUT2D eigenvalue weighted by molar-refractivity contribution is -0.0326. The molecular formula is C12H23NO. The normalized spacial score (nSPS) is 43.9. The largest absolute Gasteiger partial charge is 0.376 e. The van der Waals surface area contributed by atoms with E-state index in [1.807, 2.05) is 0 Å². The van der Waals surface area contributed by atoms with E-state index in [1.165, 1.54) is 19.3 Å². The summed E-state index contributed by atoms with van der Waals surface area (Å²) in [5.41, 5.74) is 6.14. The maximum absolute atomic E-state index is 6.14. The molecule has 0 aromatic heterocycles. The van der Waals surface area contributed by atoms with Crippen molar-refractivity contribution in [2.45, 2.75) is 51.7 Å². The van der Waals surface area contributed by atoms with Crippen LogP contribution >= 0.6 is 0 Å². The summed E-state index contributed by atoms with van der Waals surface area (Å²) in [4.78, 5) is 0. The van der Waals surface area contributed by atoms with Gasteiger partial charge in [0.1, 0.15) is 0 Å². The molecule has 0 aliphatic heterocycles. The van der Waals surface area contributed by atoms with Gasteiger partial charge in [0.05, 0.1) is 6.10 Å². The molecule has 4 atom stereocenters. The topological polar surface area (TPSA) is 35.2 Å². The number of rotatable bonds is 3. The molecule has 14 heavy (non-hydrogen) atoms. The van der Waals surface area contributed by atoms with Gasteiger partial charge in [0, 0.05) is 12.6 Å². The Kier molecular flexibility index (Phi) is 3.13. The van der Waals surface area contributed by atoms with Crippen molar-refractivity contribution in [3.63, 3.8) is 0 Å². The lowest BCUT2D eigenvalue weighted by atomic mass is 9.78. The van der Waals surface area contributed by atoms with Crippen LogP contribution in [0.2, 0.25) is 0 Å². The highest BCUT2D eigenvalue weighted by molar-refractivity contribution is 4.87. The molecule has 0 bridgehead atoms. The molecule has 82 valence electrons. The Balaban J connectivity index is 1.81. The standard InChI is InChI=1S/C12H23NO/c1-8-5-9(2)12(11(13)6-8)14-7-10-3-4-10/h8-12H,3-7,13H2,1-2H3. The summed E-state index contributed by atoms with van der Waals surface area (Å²) in [5.74, 6) is 2.28. The zero-order chi connectivity index (χ0) is 10.1. The Morgan fingerprint density at radius 2 is 1.93 bits per heavy atom. The van der Waals surface area contributed by atoms with Crippen molar-refractivity contribution in [3.8, 4) is 0 Å². The van der Waals surface area contributed by atoms with Gasteiger partial charge < -0.3 is 10.5 Å². The third kappa shape index (κ3) is 2.48. The van der Waals surface area contributed by atoms with E-state index in [4.69, 9.17) is 10.5 Å². The highest BCUT2D eigenvalue weighted by Gasteiger charge is 2.33. The van der Waals surface area contributed by atoms with Gasteiger partial charge in [-0.05, 0) is 43.4 Å². The van der Waals surface area contributed by atoms with Crippen molar-refractivity contribution < 1.29 is 4.74 Å². The highest BCUT2D eigenvalue weighted by atomic mass is 16.5. The predicted molar refractivity (Wildman–Crippen MR) is 58.0 cm³/mol. The molecule has 0 aromatic carbocycles. The van der Waals surface area contributed by atoms with E-state index >= 15 is 0 Å². The molecule has 0 heterocycles. The maximum Gasteiger partial charge on any atom is 0.0751 e. The third-order valence-electron chi connectivity index (χ3n) is 3.65. The van der Waals surface area contributed by atoms with Crippen LogP contribution in [-0.4, -0.2) is 18.8 Å². The minimum absolute atomic E-state index is 0.271. The fraction of sp³-hybridized carbons (Fsp3) is 1.00. The van der Waals surface area contributed by atoms with Crippen molar-refractivity contribution in [2.24, 2.45) is 23.5 Å². The lowest BCUT2D eigenvalue weighted by Gasteiger charge is -2.37. The predicted octanol–water partition coefficient (Wildman–Crippen LogP) is 2.17. The Hall–Kier alpha value is -0.0800. The van der Waals surface area contributed by atoms with E-state index in [0.29, 0.717) is 12.0 Å². The third-order valence-corrected chi connectivity index (χ3v) is 3.65. The first-order chi connectivity index (χ1) is 6.66. The van der Waals surface area contributed by atoms with E-state index in [1.54, 1.807) is 0 Å². The number of ether oxygens (including phenoxy) is 1. The summed E-state index contributed by atoms with van der Waals surface area (Å²) in [6, 6.07) is 0.271. The van der Waals surface area contributed by atoms with Crippen LogP contribution in [0.1, 0.15) is 39.5 Å². The summed E-state index contributed by atoms with van der Waals surface area (Å²) < 4.78 is 5.95. The molecule has 0 spiro atoms. The van der Waals surface area contributed by atoms with Crippen LogP contribution in [0.15, 0.2) is 0 Å². The molecular weight excluding hydrogens is 174 g/mol. The van der Waals surface area contributed by atoms with Crippen molar-refractivity contribution in [3.05, 3.63) is 0 Å². The van der Waals surface area contributed by atoms with Gasteiger partial charge in [-0.2, -0.15) is 0 Å². The van der Waals surface area contributed by atoms with Gasteiger partial charge in [0.25, 0.3) is 0 Å². The van der Waals surface area contributed by atoms with Gasteiger partial charge in [0.2, 0.25) is 0 Å². The van der Waals surface area contributed by atoms with Crippen LogP contribution in [0.3, 0.4) is 0 Å². The SMILES string of the molecule is CC1CC(C)C(OCC2CC2)C(N)C1. The highest BCUT2D eigenvalue weighted by Crippen LogP contribution is 2.33. The molecule has 2 fully saturated rings. The fourth-order valence-corrected chi connectivity index (χ4v) is 2.71. The second kappa shape index (κ2) is 4.19. The van der Waals surface area contributed by atoms with Crippen LogP contribution in [0.5, 0.6) is 0 Å². The molecule has 0 aromatic rings. The number of hydrogen-bond acceptors (Lipinski definition) is 2. The smallest absolute Gasteiger partial charge is 0.0751 e. The second-order valence-electron chi connectivity index (χ2n) is 5.46. The summed E-state index contributed by atoms with van der Waals surface area (Å²) in [6.45, 7) is 5.54. The molecule has 4 unspecified atom stereocenters. The molecule has 0 radical (unpaired) electrons. The van der Waals surface area contributed by atoms with Crippen molar-refractivity contribution in [2.75, 3.05) is 6.61 Å². The maximum atomic E-state index is 6.14. The van der Waals surface area contributed by atoms with Crippen molar-refractivity contribution in [1.82, 2.24) is 0 Å². The lowest BCUT2D eigenvalue weighted by Crippen LogP contribution is -2.46. The molecule has 2 aliphatic rings. The molecule has 2 nitrogen and oxygen atoms in total. The van der Waals surface area contributed by atoms with Gasteiger partial charge in [-0.3, -0.25) is 0 Å². The number of hydrogen-bond donors (Lipinski definition) is 1. The Morgan fingerprint density at radius 1 is 1.21 bits per heavy atom. The molecule has 2 saturated carbocycles.